The highest BCUT2D eigenvalue weighted by atomic mass is 16.4. The van der Waals surface area contributed by atoms with Gasteiger partial charge in [0.1, 0.15) is 0 Å². The maximum absolute atomic E-state index is 12.4. The molecule has 0 heterocycles. The molecule has 0 aromatic heterocycles. The number of hydrogen-bond donors (Lipinski definition) is 3. The van der Waals surface area contributed by atoms with Crippen LogP contribution in [0.15, 0.2) is 54.6 Å². The zero-order chi connectivity index (χ0) is 18.8. The Morgan fingerprint density at radius 2 is 1.58 bits per heavy atom. The van der Waals surface area contributed by atoms with E-state index in [9.17, 15) is 14.4 Å². The summed E-state index contributed by atoms with van der Waals surface area (Å²) in [6.45, 7) is 0.490. The Balaban J connectivity index is 1.89. The van der Waals surface area contributed by atoms with Crippen LogP contribution >= 0.6 is 0 Å². The number of carboxylic acid groups (broad SMARTS) is 1. The van der Waals surface area contributed by atoms with E-state index in [2.05, 4.69) is 10.6 Å². The van der Waals surface area contributed by atoms with Gasteiger partial charge in [-0.2, -0.15) is 0 Å². The molecule has 2 amide bonds. The summed E-state index contributed by atoms with van der Waals surface area (Å²) in [6, 6.07) is 16.6. The Labute approximate surface area is 152 Å². The first-order valence-corrected chi connectivity index (χ1v) is 8.49. The zero-order valence-corrected chi connectivity index (χ0v) is 14.4. The minimum Gasteiger partial charge on any atom is -0.481 e. The number of carboxylic acids is 1. The van der Waals surface area contributed by atoms with Gasteiger partial charge in [0.05, 0.1) is 11.3 Å². The molecule has 0 fully saturated rings. The number of amides is 2. The molecule has 0 saturated heterocycles. The minimum atomic E-state index is -0.934. The molecule has 0 bridgehead atoms. The lowest BCUT2D eigenvalue weighted by Gasteiger charge is -2.11. The topological polar surface area (TPSA) is 95.5 Å². The molecular weight excluding hydrogens is 332 g/mol. The average Bonchev–Trinajstić information content (AvgIpc) is 2.62. The molecule has 26 heavy (non-hydrogen) atoms. The van der Waals surface area contributed by atoms with Crippen LogP contribution in [0.1, 0.15) is 35.2 Å². The van der Waals surface area contributed by atoms with Crippen molar-refractivity contribution in [1.82, 2.24) is 5.32 Å². The number of para-hydroxylation sites is 1. The van der Waals surface area contributed by atoms with Crippen molar-refractivity contribution >= 4 is 23.5 Å². The summed E-state index contributed by atoms with van der Waals surface area (Å²) in [5, 5.41) is 14.1. The van der Waals surface area contributed by atoms with Gasteiger partial charge in [-0.25, -0.2) is 0 Å². The first kappa shape index (κ1) is 19.2. The minimum absolute atomic E-state index is 0.0605. The Morgan fingerprint density at radius 1 is 0.885 bits per heavy atom. The molecule has 2 aromatic rings. The van der Waals surface area contributed by atoms with E-state index < -0.39 is 5.97 Å². The van der Waals surface area contributed by atoms with Crippen LogP contribution in [0.25, 0.3) is 0 Å². The van der Waals surface area contributed by atoms with E-state index in [1.807, 2.05) is 30.3 Å². The Morgan fingerprint density at radius 3 is 2.31 bits per heavy atom. The monoisotopic (exact) mass is 354 g/mol. The second-order valence-corrected chi connectivity index (χ2v) is 5.83. The van der Waals surface area contributed by atoms with E-state index in [0.29, 0.717) is 17.8 Å². The van der Waals surface area contributed by atoms with Crippen LogP contribution in [0.4, 0.5) is 5.69 Å². The Bertz CT molecular complexity index is 759. The lowest BCUT2D eigenvalue weighted by Crippen LogP contribution is -2.27. The summed E-state index contributed by atoms with van der Waals surface area (Å²) in [4.78, 5) is 34.8. The SMILES string of the molecule is O=C(O)CCCC(=O)Nc1ccccc1C(=O)NCCc1ccccc1. The highest BCUT2D eigenvalue weighted by molar-refractivity contribution is 6.03. The van der Waals surface area contributed by atoms with Gasteiger partial charge in [-0.3, -0.25) is 14.4 Å². The third-order valence-electron chi connectivity index (χ3n) is 3.78. The number of hydrogen-bond acceptors (Lipinski definition) is 3. The largest absolute Gasteiger partial charge is 0.481 e. The van der Waals surface area contributed by atoms with Gasteiger partial charge in [0, 0.05) is 19.4 Å². The third kappa shape index (κ3) is 6.39. The van der Waals surface area contributed by atoms with Crippen LogP contribution in [-0.2, 0) is 16.0 Å². The number of anilines is 1. The van der Waals surface area contributed by atoms with Crippen molar-refractivity contribution in [2.75, 3.05) is 11.9 Å². The summed E-state index contributed by atoms with van der Waals surface area (Å²) >= 11 is 0. The first-order chi connectivity index (χ1) is 12.6. The zero-order valence-electron chi connectivity index (χ0n) is 14.4. The van der Waals surface area contributed by atoms with E-state index >= 15 is 0 Å². The normalized spacial score (nSPS) is 10.2. The van der Waals surface area contributed by atoms with E-state index in [4.69, 9.17) is 5.11 Å². The van der Waals surface area contributed by atoms with Gasteiger partial charge < -0.3 is 15.7 Å². The van der Waals surface area contributed by atoms with E-state index in [0.717, 1.165) is 12.0 Å². The van der Waals surface area contributed by atoms with E-state index in [1.165, 1.54) is 0 Å². The molecule has 2 rings (SSSR count). The molecule has 0 atom stereocenters. The molecule has 0 spiro atoms. The Kier molecular flexibility index (Phi) is 7.36. The number of aliphatic carboxylic acids is 1. The summed E-state index contributed by atoms with van der Waals surface area (Å²) in [7, 11) is 0. The van der Waals surface area contributed by atoms with Crippen LogP contribution < -0.4 is 10.6 Å². The predicted molar refractivity (Wildman–Crippen MR) is 99.0 cm³/mol. The average molecular weight is 354 g/mol. The second kappa shape index (κ2) is 9.98. The smallest absolute Gasteiger partial charge is 0.303 e. The van der Waals surface area contributed by atoms with Crippen LogP contribution in [0.3, 0.4) is 0 Å². The van der Waals surface area contributed by atoms with Gasteiger partial charge in [0.2, 0.25) is 5.91 Å². The maximum Gasteiger partial charge on any atom is 0.303 e. The standard InChI is InChI=1S/C20H22N2O4/c23-18(11-6-12-19(24)25)22-17-10-5-4-9-16(17)20(26)21-14-13-15-7-2-1-3-8-15/h1-5,7-10H,6,11-14H2,(H,21,26)(H,22,23)(H,24,25). The van der Waals surface area contributed by atoms with Gasteiger partial charge in [0.15, 0.2) is 0 Å². The predicted octanol–water partition coefficient (Wildman–Crippen LogP) is 2.85. The highest BCUT2D eigenvalue weighted by Gasteiger charge is 2.13. The lowest BCUT2D eigenvalue weighted by atomic mass is 10.1. The molecule has 0 radical (unpaired) electrons. The number of benzene rings is 2. The van der Waals surface area contributed by atoms with Gasteiger partial charge >= 0.3 is 5.97 Å². The van der Waals surface area contributed by atoms with Gasteiger partial charge in [-0.1, -0.05) is 42.5 Å². The molecule has 0 aliphatic rings. The quantitative estimate of drug-likeness (QED) is 0.645. The fourth-order valence-corrected chi connectivity index (χ4v) is 2.46. The van der Waals surface area contributed by atoms with E-state index in [1.54, 1.807) is 24.3 Å². The van der Waals surface area contributed by atoms with Crippen molar-refractivity contribution in [3.63, 3.8) is 0 Å². The molecule has 3 N–H and O–H groups in total. The Hall–Kier alpha value is -3.15. The summed E-state index contributed by atoms with van der Waals surface area (Å²) < 4.78 is 0. The van der Waals surface area contributed by atoms with Gasteiger partial charge in [0.25, 0.3) is 5.91 Å². The molecule has 136 valence electrons. The summed E-state index contributed by atoms with van der Waals surface area (Å²) in [5.41, 5.74) is 1.94. The maximum atomic E-state index is 12.4. The number of nitrogens with one attached hydrogen (secondary N) is 2. The van der Waals surface area contributed by atoms with Gasteiger partial charge in [-0.05, 0) is 30.5 Å². The van der Waals surface area contributed by atoms with Crippen LogP contribution in [-0.4, -0.2) is 29.4 Å². The number of rotatable bonds is 9. The third-order valence-corrected chi connectivity index (χ3v) is 3.78. The van der Waals surface area contributed by atoms with Crippen LogP contribution in [0, 0.1) is 0 Å². The van der Waals surface area contributed by atoms with Crippen molar-refractivity contribution < 1.29 is 19.5 Å². The number of carbonyl (C=O) groups excluding carboxylic acids is 2. The molecule has 6 nitrogen and oxygen atoms in total. The van der Waals surface area contributed by atoms with Crippen LogP contribution in [0.2, 0.25) is 0 Å². The van der Waals surface area contributed by atoms with Crippen LogP contribution in [0.5, 0.6) is 0 Å². The second-order valence-electron chi connectivity index (χ2n) is 5.83. The first-order valence-electron chi connectivity index (χ1n) is 8.49. The van der Waals surface area contributed by atoms with Crippen molar-refractivity contribution in [1.29, 1.82) is 0 Å². The molecule has 6 heteroatoms. The molecular formula is C20H22N2O4. The molecule has 0 aliphatic heterocycles. The fourth-order valence-electron chi connectivity index (χ4n) is 2.46. The van der Waals surface area contributed by atoms with Gasteiger partial charge in [-0.15, -0.1) is 0 Å². The summed E-state index contributed by atoms with van der Waals surface area (Å²) in [5.74, 6) is -1.51. The van der Waals surface area contributed by atoms with E-state index in [-0.39, 0.29) is 31.1 Å². The lowest BCUT2D eigenvalue weighted by molar-refractivity contribution is -0.137. The molecule has 2 aromatic carbocycles. The van der Waals surface area contributed by atoms with Crippen molar-refractivity contribution in [2.45, 2.75) is 25.7 Å². The molecule has 0 unspecified atom stereocenters. The van der Waals surface area contributed by atoms with Crippen molar-refractivity contribution in [2.24, 2.45) is 0 Å². The molecule has 0 saturated carbocycles. The van der Waals surface area contributed by atoms with Crippen molar-refractivity contribution in [3.8, 4) is 0 Å². The highest BCUT2D eigenvalue weighted by Crippen LogP contribution is 2.15. The number of carbonyl (C=O) groups is 3. The fraction of sp³-hybridized carbons (Fsp3) is 0.250. The summed E-state index contributed by atoms with van der Waals surface area (Å²) in [6.07, 6.45) is 1.01. The van der Waals surface area contributed by atoms with Crippen molar-refractivity contribution in [3.05, 3.63) is 65.7 Å². The molecule has 0 aliphatic carbocycles.